The first-order valence-electron chi connectivity index (χ1n) is 6.22. The van der Waals surface area contributed by atoms with Crippen molar-refractivity contribution in [3.8, 4) is 20.9 Å². The smallest absolute Gasteiger partial charge is 0.304 e. The molecular weight excluding hydrogens is 251 g/mol. The third-order valence-corrected chi connectivity index (χ3v) is 4.27. The molecule has 0 saturated heterocycles. The first-order chi connectivity index (χ1) is 9.36. The molecule has 0 aliphatic carbocycles. The van der Waals surface area contributed by atoms with Crippen LogP contribution in [0.4, 0.5) is 0 Å². The molecule has 3 rings (SSSR count). The highest BCUT2D eigenvalue weighted by Gasteiger charge is 2.04. The van der Waals surface area contributed by atoms with Crippen LogP contribution in [0.25, 0.3) is 20.9 Å². The maximum Gasteiger partial charge on any atom is 0.304 e. The molecule has 0 aliphatic rings. The summed E-state index contributed by atoms with van der Waals surface area (Å²) in [4.78, 5) is 2.53. The van der Waals surface area contributed by atoms with Crippen molar-refractivity contribution in [2.45, 2.75) is 0 Å². The molecule has 1 N–H and O–H groups in total. The van der Waals surface area contributed by atoms with Crippen LogP contribution in [0, 0.1) is 0 Å². The molecule has 92 valence electrons. The van der Waals surface area contributed by atoms with E-state index in [4.69, 9.17) is 5.02 Å². The van der Waals surface area contributed by atoms with E-state index >= 15 is 0 Å². The second kappa shape index (κ2) is 5.43. The first kappa shape index (κ1) is 12.2. The third kappa shape index (κ3) is 2.62. The fourth-order valence-corrected chi connectivity index (χ4v) is 3.04. The molecule has 3 heteroatoms. The largest absolute Gasteiger partial charge is 0.449 e. The molecule has 19 heavy (non-hydrogen) atoms. The van der Waals surface area contributed by atoms with Crippen LogP contribution >= 0.6 is 11.3 Å². The van der Waals surface area contributed by atoms with Crippen molar-refractivity contribution in [3.05, 3.63) is 66.7 Å². The molecule has 3 aromatic rings. The Morgan fingerprint density at radius 3 is 1.84 bits per heavy atom. The van der Waals surface area contributed by atoms with E-state index in [1.165, 1.54) is 20.9 Å². The van der Waals surface area contributed by atoms with Gasteiger partial charge in [-0.2, -0.15) is 0 Å². The zero-order valence-corrected chi connectivity index (χ0v) is 11.2. The second-order valence-corrected chi connectivity index (χ2v) is 5.47. The quantitative estimate of drug-likeness (QED) is 0.721. The van der Waals surface area contributed by atoms with E-state index in [9.17, 15) is 0 Å². The van der Waals surface area contributed by atoms with Gasteiger partial charge < -0.3 is 5.02 Å². The van der Waals surface area contributed by atoms with E-state index in [0.717, 1.165) is 5.46 Å². The Morgan fingerprint density at radius 1 is 0.684 bits per heavy atom. The van der Waals surface area contributed by atoms with Crippen molar-refractivity contribution < 1.29 is 5.02 Å². The van der Waals surface area contributed by atoms with Gasteiger partial charge in [-0.25, -0.2) is 0 Å². The average molecular weight is 264 g/mol. The van der Waals surface area contributed by atoms with Crippen molar-refractivity contribution in [2.75, 3.05) is 0 Å². The van der Waals surface area contributed by atoms with Gasteiger partial charge in [-0.3, -0.25) is 0 Å². The van der Waals surface area contributed by atoms with Gasteiger partial charge in [0.2, 0.25) is 0 Å². The molecule has 0 aliphatic heterocycles. The van der Waals surface area contributed by atoms with Crippen LogP contribution in [0.2, 0.25) is 0 Å². The van der Waals surface area contributed by atoms with Crippen molar-refractivity contribution in [3.63, 3.8) is 0 Å². The summed E-state index contributed by atoms with van der Waals surface area (Å²) >= 11 is 1.79. The minimum Gasteiger partial charge on any atom is -0.449 e. The summed E-state index contributed by atoms with van der Waals surface area (Å²) in [6.45, 7) is 0. The van der Waals surface area contributed by atoms with Crippen molar-refractivity contribution in [1.29, 1.82) is 0 Å². The summed E-state index contributed by atoms with van der Waals surface area (Å²) in [5, 5.41) is 9.05. The third-order valence-electron chi connectivity index (χ3n) is 3.09. The maximum atomic E-state index is 9.05. The van der Waals surface area contributed by atoms with E-state index in [-0.39, 0.29) is 7.48 Å². The topological polar surface area (TPSA) is 20.2 Å². The second-order valence-electron chi connectivity index (χ2n) is 4.38. The van der Waals surface area contributed by atoms with Gasteiger partial charge in [0.1, 0.15) is 0 Å². The van der Waals surface area contributed by atoms with Crippen molar-refractivity contribution >= 4 is 24.3 Å². The van der Waals surface area contributed by atoms with Gasteiger partial charge in [-0.15, -0.1) is 11.3 Å². The normalized spacial score (nSPS) is 10.4. The zero-order valence-electron chi connectivity index (χ0n) is 10.4. The lowest BCUT2D eigenvalue weighted by molar-refractivity contribution is 0.615. The molecule has 0 unspecified atom stereocenters. The SMILES string of the molecule is OBc1ccc(-c2ccc(-c3ccccc3)s2)cc1. The maximum absolute atomic E-state index is 9.05. The Bertz CT molecular complexity index is 659. The molecule has 0 fully saturated rings. The summed E-state index contributed by atoms with van der Waals surface area (Å²) < 4.78 is 0. The molecule has 0 spiro atoms. The molecule has 0 bridgehead atoms. The number of rotatable bonds is 3. The molecule has 2 aromatic carbocycles. The van der Waals surface area contributed by atoms with Crippen LogP contribution in [0.15, 0.2) is 66.7 Å². The first-order valence-corrected chi connectivity index (χ1v) is 7.04. The highest BCUT2D eigenvalue weighted by molar-refractivity contribution is 7.18. The zero-order chi connectivity index (χ0) is 13.1. The fraction of sp³-hybridized carbons (Fsp3) is 0. The summed E-state index contributed by atoms with van der Waals surface area (Å²) in [5.74, 6) is 0. The van der Waals surface area contributed by atoms with Crippen molar-refractivity contribution in [1.82, 2.24) is 0 Å². The number of hydrogen-bond donors (Lipinski definition) is 1. The summed E-state index contributed by atoms with van der Waals surface area (Å²) in [7, 11) is 0.0972. The Morgan fingerprint density at radius 2 is 1.26 bits per heavy atom. The highest BCUT2D eigenvalue weighted by atomic mass is 32.1. The standard InChI is InChI=1S/C16H13BOS/c18-17-14-8-6-13(7-9-14)16-11-10-15(19-16)12-4-2-1-3-5-12/h1-11,17-18H. The predicted molar refractivity (Wildman–Crippen MR) is 84.2 cm³/mol. The minimum atomic E-state index is 0.0972. The molecular formula is C16H13BOS. The monoisotopic (exact) mass is 264 g/mol. The van der Waals surface area contributed by atoms with E-state index in [0.29, 0.717) is 0 Å². The van der Waals surface area contributed by atoms with Crippen molar-refractivity contribution in [2.24, 2.45) is 0 Å². The van der Waals surface area contributed by atoms with Gasteiger partial charge in [-0.05, 0) is 23.3 Å². The lowest BCUT2D eigenvalue weighted by atomic mass is 9.88. The van der Waals surface area contributed by atoms with E-state index in [1.807, 2.05) is 18.2 Å². The van der Waals surface area contributed by atoms with Crippen LogP contribution in [-0.2, 0) is 0 Å². The lowest BCUT2D eigenvalue weighted by Crippen LogP contribution is -2.11. The molecule has 0 amide bonds. The highest BCUT2D eigenvalue weighted by Crippen LogP contribution is 2.33. The van der Waals surface area contributed by atoms with Crippen LogP contribution < -0.4 is 5.46 Å². The van der Waals surface area contributed by atoms with Crippen LogP contribution in [0.3, 0.4) is 0 Å². The van der Waals surface area contributed by atoms with Gasteiger partial charge in [0.05, 0.1) is 0 Å². The summed E-state index contributed by atoms with van der Waals surface area (Å²) in [6, 6.07) is 22.8. The molecule has 1 nitrogen and oxygen atoms in total. The fourth-order valence-electron chi connectivity index (χ4n) is 2.03. The molecule has 1 aromatic heterocycles. The Hall–Kier alpha value is -1.84. The Kier molecular flexibility index (Phi) is 3.49. The van der Waals surface area contributed by atoms with Crippen LogP contribution in [0.1, 0.15) is 0 Å². The number of benzene rings is 2. The molecule has 0 atom stereocenters. The Labute approximate surface area is 117 Å². The lowest BCUT2D eigenvalue weighted by Gasteiger charge is -1.99. The van der Waals surface area contributed by atoms with Gasteiger partial charge in [0.25, 0.3) is 0 Å². The van der Waals surface area contributed by atoms with Crippen LogP contribution in [-0.4, -0.2) is 12.5 Å². The molecule has 0 radical (unpaired) electrons. The van der Waals surface area contributed by atoms with Gasteiger partial charge in [0, 0.05) is 9.75 Å². The van der Waals surface area contributed by atoms with E-state index in [1.54, 1.807) is 11.3 Å². The number of thiophene rings is 1. The molecule has 0 saturated carbocycles. The van der Waals surface area contributed by atoms with E-state index < -0.39 is 0 Å². The van der Waals surface area contributed by atoms with Gasteiger partial charge in [-0.1, -0.05) is 60.1 Å². The average Bonchev–Trinajstić information content (AvgIpc) is 2.98. The molecule has 1 heterocycles. The van der Waals surface area contributed by atoms with E-state index in [2.05, 4.69) is 48.5 Å². The van der Waals surface area contributed by atoms with Gasteiger partial charge in [0.15, 0.2) is 0 Å². The predicted octanol–water partition coefficient (Wildman–Crippen LogP) is 3.05. The van der Waals surface area contributed by atoms with Crippen LogP contribution in [0.5, 0.6) is 0 Å². The van der Waals surface area contributed by atoms with Gasteiger partial charge >= 0.3 is 7.48 Å². The number of hydrogen-bond acceptors (Lipinski definition) is 2. The minimum absolute atomic E-state index is 0.0972. The Balaban J connectivity index is 1.92. The summed E-state index contributed by atoms with van der Waals surface area (Å²) in [5.41, 5.74) is 3.40. The summed E-state index contributed by atoms with van der Waals surface area (Å²) in [6.07, 6.45) is 0.